The first-order valence-corrected chi connectivity index (χ1v) is 5.80. The number of hydrogen-bond acceptors (Lipinski definition) is 3. The Morgan fingerprint density at radius 2 is 1.89 bits per heavy atom. The molecule has 0 fully saturated rings. The van der Waals surface area contributed by atoms with E-state index >= 15 is 0 Å². The molecule has 0 amide bonds. The Morgan fingerprint density at radius 3 is 2.61 bits per heavy atom. The average Bonchev–Trinajstić information content (AvgIpc) is 2.41. The van der Waals surface area contributed by atoms with Gasteiger partial charge in [-0.2, -0.15) is 5.26 Å². The van der Waals surface area contributed by atoms with E-state index in [-0.39, 0.29) is 5.75 Å². The van der Waals surface area contributed by atoms with Gasteiger partial charge in [-0.15, -0.1) is 0 Å². The number of phenols is 1. The third-order valence-corrected chi connectivity index (χ3v) is 2.67. The molecule has 2 aromatic rings. The summed E-state index contributed by atoms with van der Waals surface area (Å²) in [7, 11) is 0. The van der Waals surface area contributed by atoms with Crippen LogP contribution in [0.15, 0.2) is 48.5 Å². The summed E-state index contributed by atoms with van der Waals surface area (Å²) < 4.78 is 0. The van der Waals surface area contributed by atoms with E-state index in [0.717, 1.165) is 24.2 Å². The maximum Gasteiger partial charge on any atom is 0.115 e. The molecule has 0 aliphatic rings. The highest BCUT2D eigenvalue weighted by molar-refractivity contribution is 5.49. The van der Waals surface area contributed by atoms with E-state index in [1.807, 2.05) is 30.3 Å². The number of nitrogens with one attached hydrogen (secondary N) is 1. The summed E-state index contributed by atoms with van der Waals surface area (Å²) in [4.78, 5) is 0. The molecule has 2 aromatic carbocycles. The van der Waals surface area contributed by atoms with E-state index in [1.165, 1.54) is 0 Å². The monoisotopic (exact) mass is 238 g/mol. The molecule has 0 saturated heterocycles. The van der Waals surface area contributed by atoms with Crippen LogP contribution in [0.4, 0.5) is 5.69 Å². The number of aromatic hydroxyl groups is 1. The van der Waals surface area contributed by atoms with Gasteiger partial charge >= 0.3 is 0 Å². The summed E-state index contributed by atoms with van der Waals surface area (Å²) in [5.41, 5.74) is 2.77. The number of nitriles is 1. The van der Waals surface area contributed by atoms with E-state index < -0.39 is 0 Å². The Balaban J connectivity index is 1.88. The lowest BCUT2D eigenvalue weighted by Gasteiger charge is -2.06. The normalized spacial score (nSPS) is 9.72. The highest BCUT2D eigenvalue weighted by Crippen LogP contribution is 2.12. The van der Waals surface area contributed by atoms with Gasteiger partial charge in [0.2, 0.25) is 0 Å². The summed E-state index contributed by atoms with van der Waals surface area (Å²) in [5, 5.41) is 21.2. The number of nitrogens with zero attached hydrogens (tertiary/aromatic N) is 1. The lowest BCUT2D eigenvalue weighted by atomic mass is 10.1. The van der Waals surface area contributed by atoms with Gasteiger partial charge in [0, 0.05) is 12.2 Å². The first kappa shape index (κ1) is 12.0. The van der Waals surface area contributed by atoms with Crippen molar-refractivity contribution in [2.45, 2.75) is 6.42 Å². The zero-order chi connectivity index (χ0) is 12.8. The molecular formula is C15H14N2O. The van der Waals surface area contributed by atoms with Crippen LogP contribution in [0.1, 0.15) is 11.1 Å². The van der Waals surface area contributed by atoms with Crippen molar-refractivity contribution in [1.82, 2.24) is 0 Å². The Bertz CT molecular complexity index is 555. The molecular weight excluding hydrogens is 224 g/mol. The zero-order valence-electron chi connectivity index (χ0n) is 9.93. The van der Waals surface area contributed by atoms with Crippen LogP contribution < -0.4 is 5.32 Å². The second-order valence-corrected chi connectivity index (χ2v) is 4.04. The molecule has 0 bridgehead atoms. The third-order valence-electron chi connectivity index (χ3n) is 2.67. The number of rotatable bonds is 4. The van der Waals surface area contributed by atoms with Crippen LogP contribution in [0.25, 0.3) is 0 Å². The summed E-state index contributed by atoms with van der Waals surface area (Å²) in [6.07, 6.45) is 0.872. The lowest BCUT2D eigenvalue weighted by molar-refractivity contribution is 0.475. The molecule has 0 aliphatic heterocycles. The summed E-state index contributed by atoms with van der Waals surface area (Å²) >= 11 is 0. The van der Waals surface area contributed by atoms with Crippen LogP contribution in [0, 0.1) is 11.3 Å². The number of hydrogen-bond donors (Lipinski definition) is 2. The minimum absolute atomic E-state index is 0.286. The van der Waals surface area contributed by atoms with Crippen LogP contribution in [0.3, 0.4) is 0 Å². The Morgan fingerprint density at radius 1 is 1.11 bits per heavy atom. The van der Waals surface area contributed by atoms with Crippen molar-refractivity contribution in [3.05, 3.63) is 59.7 Å². The molecule has 90 valence electrons. The number of benzene rings is 2. The fourth-order valence-corrected chi connectivity index (χ4v) is 1.71. The number of phenolic OH excluding ortho intramolecular Hbond substituents is 1. The van der Waals surface area contributed by atoms with Crippen molar-refractivity contribution in [2.75, 3.05) is 11.9 Å². The van der Waals surface area contributed by atoms with Gasteiger partial charge in [-0.1, -0.05) is 18.2 Å². The van der Waals surface area contributed by atoms with Gasteiger partial charge < -0.3 is 10.4 Å². The maximum absolute atomic E-state index is 9.17. The van der Waals surface area contributed by atoms with Crippen molar-refractivity contribution < 1.29 is 5.11 Å². The fraction of sp³-hybridized carbons (Fsp3) is 0.133. The molecule has 0 unspecified atom stereocenters. The van der Waals surface area contributed by atoms with Gasteiger partial charge in [0.25, 0.3) is 0 Å². The SMILES string of the molecule is N#Cc1cccc(NCCc2ccc(O)cc2)c1. The summed E-state index contributed by atoms with van der Waals surface area (Å²) in [6, 6.07) is 16.7. The van der Waals surface area contributed by atoms with Crippen molar-refractivity contribution >= 4 is 5.69 Å². The van der Waals surface area contributed by atoms with Crippen LogP contribution in [0.5, 0.6) is 5.75 Å². The van der Waals surface area contributed by atoms with Gasteiger partial charge in [0.1, 0.15) is 5.75 Å². The molecule has 0 spiro atoms. The first-order valence-electron chi connectivity index (χ1n) is 5.80. The largest absolute Gasteiger partial charge is 0.508 e. The quantitative estimate of drug-likeness (QED) is 0.861. The highest BCUT2D eigenvalue weighted by atomic mass is 16.3. The van der Waals surface area contributed by atoms with E-state index in [9.17, 15) is 5.11 Å². The predicted octanol–water partition coefficient (Wildman–Crippen LogP) is 2.92. The molecule has 2 rings (SSSR count). The third kappa shape index (κ3) is 3.26. The smallest absolute Gasteiger partial charge is 0.115 e. The van der Waals surface area contributed by atoms with Gasteiger partial charge in [-0.3, -0.25) is 0 Å². The molecule has 0 saturated carbocycles. The van der Waals surface area contributed by atoms with Gasteiger partial charge in [-0.25, -0.2) is 0 Å². The minimum atomic E-state index is 0.286. The predicted molar refractivity (Wildman–Crippen MR) is 71.5 cm³/mol. The molecule has 3 nitrogen and oxygen atoms in total. The van der Waals surface area contributed by atoms with Gasteiger partial charge in [0.15, 0.2) is 0 Å². The van der Waals surface area contributed by atoms with Crippen LogP contribution >= 0.6 is 0 Å². The Hall–Kier alpha value is -2.47. The first-order chi connectivity index (χ1) is 8.78. The molecule has 0 atom stereocenters. The van der Waals surface area contributed by atoms with Crippen LogP contribution in [-0.2, 0) is 6.42 Å². The molecule has 2 N–H and O–H groups in total. The molecule has 3 heteroatoms. The topological polar surface area (TPSA) is 56.0 Å². The van der Waals surface area contributed by atoms with E-state index in [0.29, 0.717) is 5.56 Å². The minimum Gasteiger partial charge on any atom is -0.508 e. The van der Waals surface area contributed by atoms with E-state index in [2.05, 4.69) is 11.4 Å². The molecule has 0 aliphatic carbocycles. The second-order valence-electron chi connectivity index (χ2n) is 4.04. The standard InChI is InChI=1S/C15H14N2O/c16-11-13-2-1-3-14(10-13)17-9-8-12-4-6-15(18)7-5-12/h1-7,10,17-18H,8-9H2. The molecule has 0 heterocycles. The average molecular weight is 238 g/mol. The zero-order valence-corrected chi connectivity index (χ0v) is 9.93. The second kappa shape index (κ2) is 5.74. The van der Waals surface area contributed by atoms with Crippen molar-refractivity contribution in [3.8, 4) is 11.8 Å². The van der Waals surface area contributed by atoms with Crippen molar-refractivity contribution in [3.63, 3.8) is 0 Å². The fourth-order valence-electron chi connectivity index (χ4n) is 1.71. The summed E-state index contributed by atoms with van der Waals surface area (Å²) in [5.74, 6) is 0.286. The molecule has 18 heavy (non-hydrogen) atoms. The van der Waals surface area contributed by atoms with Gasteiger partial charge in [-0.05, 0) is 42.3 Å². The maximum atomic E-state index is 9.17. The highest BCUT2D eigenvalue weighted by Gasteiger charge is 1.96. The van der Waals surface area contributed by atoms with Crippen molar-refractivity contribution in [1.29, 1.82) is 5.26 Å². The Kier molecular flexibility index (Phi) is 3.83. The molecule has 0 radical (unpaired) electrons. The van der Waals surface area contributed by atoms with Crippen molar-refractivity contribution in [2.24, 2.45) is 0 Å². The number of anilines is 1. The van der Waals surface area contributed by atoms with Crippen LogP contribution in [0.2, 0.25) is 0 Å². The lowest BCUT2D eigenvalue weighted by Crippen LogP contribution is -2.04. The molecule has 0 aromatic heterocycles. The van der Waals surface area contributed by atoms with E-state index in [4.69, 9.17) is 5.26 Å². The Labute approximate surface area is 106 Å². The van der Waals surface area contributed by atoms with E-state index in [1.54, 1.807) is 18.2 Å². The van der Waals surface area contributed by atoms with Gasteiger partial charge in [0.05, 0.1) is 11.6 Å². The van der Waals surface area contributed by atoms with Crippen LogP contribution in [-0.4, -0.2) is 11.7 Å². The summed E-state index contributed by atoms with van der Waals surface area (Å²) in [6.45, 7) is 0.791.